The van der Waals surface area contributed by atoms with Gasteiger partial charge < -0.3 is 9.80 Å². The van der Waals surface area contributed by atoms with Gasteiger partial charge in [0.05, 0.1) is 11.3 Å². The molecule has 1 fully saturated rings. The van der Waals surface area contributed by atoms with Crippen LogP contribution in [-0.2, 0) is 0 Å². The molecule has 1 aliphatic heterocycles. The van der Waals surface area contributed by atoms with Crippen molar-refractivity contribution in [1.82, 2.24) is 20.1 Å². The van der Waals surface area contributed by atoms with Gasteiger partial charge in [0, 0.05) is 44.1 Å². The van der Waals surface area contributed by atoms with Crippen LogP contribution in [0.2, 0.25) is 0 Å². The molecule has 0 aliphatic carbocycles. The summed E-state index contributed by atoms with van der Waals surface area (Å²) in [5.74, 6) is 1.04. The Kier molecular flexibility index (Phi) is 4.01. The maximum Gasteiger partial charge on any atom is 0.159 e. The largest absolute Gasteiger partial charge is 0.352 e. The van der Waals surface area contributed by atoms with Crippen molar-refractivity contribution in [3.63, 3.8) is 0 Å². The Morgan fingerprint density at radius 2 is 1.58 bits per heavy atom. The summed E-state index contributed by atoms with van der Waals surface area (Å²) in [4.78, 5) is 8.89. The summed E-state index contributed by atoms with van der Waals surface area (Å²) in [5.41, 5.74) is 4.52. The molecule has 1 N–H and O–H groups in total. The smallest absolute Gasteiger partial charge is 0.159 e. The number of likely N-dealkylation sites (N-methyl/N-ethyl adjacent to an activating group) is 1. The van der Waals surface area contributed by atoms with E-state index in [1.165, 1.54) is 0 Å². The Bertz CT molecular complexity index is 789. The second-order valence-corrected chi connectivity index (χ2v) is 6.19. The lowest BCUT2D eigenvalue weighted by Crippen LogP contribution is -2.44. The van der Waals surface area contributed by atoms with Gasteiger partial charge in [-0.1, -0.05) is 30.3 Å². The lowest BCUT2D eigenvalue weighted by molar-refractivity contribution is 0.312. The van der Waals surface area contributed by atoms with Gasteiger partial charge in [-0.25, -0.2) is 0 Å². The van der Waals surface area contributed by atoms with Gasteiger partial charge >= 0.3 is 0 Å². The van der Waals surface area contributed by atoms with Gasteiger partial charge in [0.15, 0.2) is 5.82 Å². The van der Waals surface area contributed by atoms with Gasteiger partial charge in [-0.2, -0.15) is 5.10 Å². The molecule has 3 heterocycles. The number of pyridine rings is 1. The molecule has 0 atom stereocenters. The molecule has 1 aliphatic rings. The van der Waals surface area contributed by atoms with Crippen molar-refractivity contribution in [2.75, 3.05) is 38.1 Å². The maximum absolute atomic E-state index is 4.68. The fraction of sp³-hybridized carbons (Fsp3) is 0.263. The maximum atomic E-state index is 4.68. The third kappa shape index (κ3) is 2.78. The van der Waals surface area contributed by atoms with E-state index in [2.05, 4.69) is 68.4 Å². The van der Waals surface area contributed by atoms with E-state index in [1.807, 2.05) is 18.5 Å². The van der Waals surface area contributed by atoms with Crippen LogP contribution in [-0.4, -0.2) is 53.3 Å². The van der Waals surface area contributed by atoms with E-state index in [0.29, 0.717) is 0 Å². The van der Waals surface area contributed by atoms with Crippen molar-refractivity contribution in [2.45, 2.75) is 0 Å². The summed E-state index contributed by atoms with van der Waals surface area (Å²) >= 11 is 0. The van der Waals surface area contributed by atoms with Gasteiger partial charge in [0.2, 0.25) is 0 Å². The second-order valence-electron chi connectivity index (χ2n) is 6.19. The molecule has 0 radical (unpaired) electrons. The topological polar surface area (TPSA) is 48.0 Å². The highest BCUT2D eigenvalue weighted by Crippen LogP contribution is 2.37. The Balaban J connectivity index is 1.81. The zero-order chi connectivity index (χ0) is 16.4. The number of benzene rings is 1. The highest BCUT2D eigenvalue weighted by atomic mass is 15.3. The van der Waals surface area contributed by atoms with Crippen LogP contribution in [0.4, 0.5) is 5.82 Å². The van der Waals surface area contributed by atoms with Gasteiger partial charge in [-0.3, -0.25) is 10.1 Å². The number of hydrogen-bond donors (Lipinski definition) is 1. The Hall–Kier alpha value is -2.66. The van der Waals surface area contributed by atoms with Crippen LogP contribution in [0.3, 0.4) is 0 Å². The van der Waals surface area contributed by atoms with Crippen molar-refractivity contribution in [3.8, 4) is 22.4 Å². The number of hydrogen-bond acceptors (Lipinski definition) is 4. The molecule has 24 heavy (non-hydrogen) atoms. The van der Waals surface area contributed by atoms with Crippen LogP contribution < -0.4 is 4.90 Å². The predicted octanol–water partition coefficient (Wildman–Crippen LogP) is 2.89. The average molecular weight is 319 g/mol. The molecule has 0 amide bonds. The molecule has 4 rings (SSSR count). The lowest BCUT2D eigenvalue weighted by Gasteiger charge is -2.33. The normalized spacial score (nSPS) is 15.6. The number of rotatable bonds is 3. The highest BCUT2D eigenvalue weighted by molar-refractivity contribution is 5.88. The fourth-order valence-electron chi connectivity index (χ4n) is 3.19. The van der Waals surface area contributed by atoms with Gasteiger partial charge in [-0.05, 0) is 24.7 Å². The van der Waals surface area contributed by atoms with E-state index in [4.69, 9.17) is 0 Å². The summed E-state index contributed by atoms with van der Waals surface area (Å²) in [6.45, 7) is 4.11. The van der Waals surface area contributed by atoms with Crippen molar-refractivity contribution >= 4 is 5.82 Å². The van der Waals surface area contributed by atoms with E-state index in [-0.39, 0.29) is 0 Å². The van der Waals surface area contributed by atoms with E-state index < -0.39 is 0 Å². The highest BCUT2D eigenvalue weighted by Gasteiger charge is 2.23. The van der Waals surface area contributed by atoms with E-state index in [1.54, 1.807) is 0 Å². The number of piperazine rings is 1. The first-order valence-corrected chi connectivity index (χ1v) is 8.30. The van der Waals surface area contributed by atoms with E-state index in [9.17, 15) is 0 Å². The van der Waals surface area contributed by atoms with Gasteiger partial charge in [-0.15, -0.1) is 0 Å². The number of nitrogens with one attached hydrogen (secondary N) is 1. The third-order valence-corrected chi connectivity index (χ3v) is 4.58. The number of aromatic amines is 1. The van der Waals surface area contributed by atoms with E-state index >= 15 is 0 Å². The van der Waals surface area contributed by atoms with Crippen LogP contribution in [0.25, 0.3) is 22.4 Å². The number of H-pyrrole nitrogens is 1. The van der Waals surface area contributed by atoms with Gasteiger partial charge in [0.1, 0.15) is 0 Å². The standard InChI is InChI=1S/C19H21N5/c1-23-11-13-24(14-12-23)19-17(15-7-9-20-10-8-15)18(21-22-19)16-5-3-2-4-6-16/h2-10H,11-14H2,1H3,(H,21,22). The molecule has 5 heteroatoms. The number of nitrogens with zero attached hydrogens (tertiary/aromatic N) is 4. The van der Waals surface area contributed by atoms with Crippen molar-refractivity contribution < 1.29 is 0 Å². The summed E-state index contributed by atoms with van der Waals surface area (Å²) in [5, 5.41) is 7.95. The zero-order valence-electron chi connectivity index (χ0n) is 13.8. The van der Waals surface area contributed by atoms with Crippen LogP contribution in [0.15, 0.2) is 54.9 Å². The van der Waals surface area contributed by atoms with E-state index in [0.717, 1.165) is 54.4 Å². The molecule has 0 unspecified atom stereocenters. The second kappa shape index (κ2) is 6.45. The third-order valence-electron chi connectivity index (χ3n) is 4.58. The molecule has 5 nitrogen and oxygen atoms in total. The summed E-state index contributed by atoms with van der Waals surface area (Å²) < 4.78 is 0. The first-order valence-electron chi connectivity index (χ1n) is 8.30. The Morgan fingerprint density at radius 1 is 0.875 bits per heavy atom. The summed E-state index contributed by atoms with van der Waals surface area (Å²) in [6.07, 6.45) is 3.68. The Labute approximate surface area is 142 Å². The molecule has 0 saturated carbocycles. The number of aromatic nitrogens is 3. The molecular weight excluding hydrogens is 298 g/mol. The average Bonchev–Trinajstić information content (AvgIpc) is 3.09. The molecule has 0 spiro atoms. The minimum absolute atomic E-state index is 0.994. The zero-order valence-corrected chi connectivity index (χ0v) is 13.8. The van der Waals surface area contributed by atoms with Crippen LogP contribution in [0, 0.1) is 0 Å². The molecule has 1 aromatic carbocycles. The molecule has 3 aromatic rings. The number of anilines is 1. The predicted molar refractivity (Wildman–Crippen MR) is 97.0 cm³/mol. The van der Waals surface area contributed by atoms with Crippen LogP contribution >= 0.6 is 0 Å². The van der Waals surface area contributed by atoms with Crippen LogP contribution in [0.5, 0.6) is 0 Å². The SMILES string of the molecule is CN1CCN(c2n[nH]c(-c3ccccc3)c2-c2ccncc2)CC1. The van der Waals surface area contributed by atoms with Crippen molar-refractivity contribution in [1.29, 1.82) is 0 Å². The minimum Gasteiger partial charge on any atom is -0.352 e. The quantitative estimate of drug-likeness (QED) is 0.806. The van der Waals surface area contributed by atoms with Crippen molar-refractivity contribution in [3.05, 3.63) is 54.9 Å². The van der Waals surface area contributed by atoms with Gasteiger partial charge in [0.25, 0.3) is 0 Å². The fourth-order valence-corrected chi connectivity index (χ4v) is 3.19. The summed E-state index contributed by atoms with van der Waals surface area (Å²) in [6, 6.07) is 14.5. The molecule has 2 aromatic heterocycles. The van der Waals surface area contributed by atoms with Crippen LogP contribution in [0.1, 0.15) is 0 Å². The van der Waals surface area contributed by atoms with Crippen molar-refractivity contribution in [2.24, 2.45) is 0 Å². The summed E-state index contributed by atoms with van der Waals surface area (Å²) in [7, 11) is 2.17. The first-order chi connectivity index (χ1) is 11.8. The molecular formula is C19H21N5. The molecule has 122 valence electrons. The molecule has 1 saturated heterocycles. The molecule has 0 bridgehead atoms. The Morgan fingerprint density at radius 3 is 2.29 bits per heavy atom. The lowest BCUT2D eigenvalue weighted by atomic mass is 10.0. The first kappa shape index (κ1) is 14.9. The monoisotopic (exact) mass is 319 g/mol. The minimum atomic E-state index is 0.994.